The van der Waals surface area contributed by atoms with Gasteiger partial charge in [-0.15, -0.1) is 0 Å². The van der Waals surface area contributed by atoms with Gasteiger partial charge in [-0.3, -0.25) is 39.5 Å². The molecule has 68 heavy (non-hydrogen) atoms. The molecule has 0 saturated carbocycles. The lowest BCUT2D eigenvalue weighted by atomic mass is 9.95. The van der Waals surface area contributed by atoms with Crippen molar-refractivity contribution in [2.75, 3.05) is 37.9 Å². The van der Waals surface area contributed by atoms with Crippen LogP contribution in [0.2, 0.25) is 0 Å². The smallest absolute Gasteiger partial charge is 0.187 e. The van der Waals surface area contributed by atoms with Gasteiger partial charge in [0.25, 0.3) is 0 Å². The van der Waals surface area contributed by atoms with E-state index in [0.717, 1.165) is 12.1 Å². The van der Waals surface area contributed by atoms with Crippen LogP contribution < -0.4 is 11.5 Å². The summed E-state index contributed by atoms with van der Waals surface area (Å²) in [5.41, 5.74) is 10.3. The van der Waals surface area contributed by atoms with Gasteiger partial charge >= 0.3 is 0 Å². The van der Waals surface area contributed by atoms with E-state index < -0.39 is 76.6 Å². The molecule has 8 rings (SSSR count). The molecule has 0 bridgehead atoms. The van der Waals surface area contributed by atoms with Gasteiger partial charge in [0.05, 0.1) is 54.9 Å². The van der Waals surface area contributed by atoms with Gasteiger partial charge in [0.15, 0.2) is 11.6 Å². The van der Waals surface area contributed by atoms with Crippen molar-refractivity contribution in [3.63, 3.8) is 0 Å². The highest BCUT2D eigenvalue weighted by Gasteiger charge is 2.55. The van der Waals surface area contributed by atoms with Crippen molar-refractivity contribution in [1.82, 2.24) is 19.9 Å². The number of carbonyl (C=O) groups excluding carboxylic acids is 2. The van der Waals surface area contributed by atoms with Crippen LogP contribution in [0.4, 0.5) is 17.6 Å². The molecule has 0 spiro atoms. The van der Waals surface area contributed by atoms with Crippen LogP contribution >= 0.6 is 0 Å². The topological polar surface area (TPSA) is 269 Å². The molecule has 0 aliphatic carbocycles. The lowest BCUT2D eigenvalue weighted by Gasteiger charge is -2.44. The van der Waals surface area contributed by atoms with Crippen molar-refractivity contribution < 1.29 is 35.6 Å². The maximum atomic E-state index is 15.0. The van der Waals surface area contributed by atoms with Crippen LogP contribution in [0.3, 0.4) is 0 Å². The van der Waals surface area contributed by atoms with Crippen molar-refractivity contribution in [3.8, 4) is 12.1 Å². The summed E-state index contributed by atoms with van der Waals surface area (Å²) >= 11 is 0. The third-order valence-electron chi connectivity index (χ3n) is 13.0. The lowest BCUT2D eigenvalue weighted by Crippen LogP contribution is -2.59. The molecule has 0 saturated heterocycles. The van der Waals surface area contributed by atoms with Crippen molar-refractivity contribution in [3.05, 3.63) is 117 Å². The Balaban J connectivity index is 0.000000201. The molecule has 4 aliphatic heterocycles. The van der Waals surface area contributed by atoms with Crippen molar-refractivity contribution in [1.29, 1.82) is 10.5 Å². The fourth-order valence-electron chi connectivity index (χ4n) is 8.94. The predicted octanol–water partition coefficient (Wildman–Crippen LogP) is 5.55. The SMILES string of the molecule is Cc1cc(C#N)cnc1C(=O)Cc1ccc(F)c([C@]2(CF)C[S@]3(=O)=NCCC[C@@]3(C)C(N)=N2)n1.Cc1cc(C#N)cnc1C(=O)Cc1ccc(F)c([C@]2(CF)C[S@]3(=O)=NCCC[C@]3(C)C(N)=N2)n1. The molecular weight excluding hydrogens is 925 g/mol. The van der Waals surface area contributed by atoms with Crippen LogP contribution in [0.15, 0.2) is 67.5 Å². The Morgan fingerprint density at radius 3 is 1.41 bits per heavy atom. The van der Waals surface area contributed by atoms with E-state index in [-0.39, 0.29) is 70.2 Å². The number of nitrogens with two attached hydrogens (primary N) is 2. The molecule has 0 amide bonds. The first-order valence-corrected chi connectivity index (χ1v) is 24.9. The van der Waals surface area contributed by atoms with Crippen molar-refractivity contribution in [2.45, 2.75) is 86.8 Å². The predicted molar refractivity (Wildman–Crippen MR) is 246 cm³/mol. The number of alkyl halides is 2. The van der Waals surface area contributed by atoms with Crippen LogP contribution in [0.5, 0.6) is 0 Å². The number of halogens is 4. The molecule has 22 heteroatoms. The first-order chi connectivity index (χ1) is 32.1. The number of nitrogens with zero attached hydrogens (tertiary/aromatic N) is 10. The number of aryl methyl sites for hydroxylation is 2. The average molecular weight is 973 g/mol. The van der Waals surface area contributed by atoms with Gasteiger partial charge in [0.2, 0.25) is 0 Å². The second kappa shape index (κ2) is 18.5. The summed E-state index contributed by atoms with van der Waals surface area (Å²) in [4.78, 5) is 50.9. The number of aromatic nitrogens is 4. The zero-order valence-corrected chi connectivity index (χ0v) is 39.3. The highest BCUT2D eigenvalue weighted by molar-refractivity contribution is 7.96. The Hall–Kier alpha value is -6.52. The zero-order chi connectivity index (χ0) is 49.5. The monoisotopic (exact) mass is 972 g/mol. The molecular formula is C46H48F4N12O4S2. The molecule has 356 valence electrons. The Bertz CT molecular complexity index is 2970. The van der Waals surface area contributed by atoms with Gasteiger partial charge in [-0.25, -0.2) is 34.7 Å². The minimum Gasteiger partial charge on any atom is -0.386 e. The summed E-state index contributed by atoms with van der Waals surface area (Å²) in [5.74, 6) is -3.19. The number of hydrogen-bond donors (Lipinski definition) is 2. The van der Waals surface area contributed by atoms with E-state index in [4.69, 9.17) is 22.0 Å². The zero-order valence-electron chi connectivity index (χ0n) is 37.7. The fraction of sp³-hybridized carbons (Fsp3) is 0.435. The summed E-state index contributed by atoms with van der Waals surface area (Å²) in [5, 5.41) is 18.0. The highest BCUT2D eigenvalue weighted by atomic mass is 32.2. The second-order valence-electron chi connectivity index (χ2n) is 17.7. The highest BCUT2D eigenvalue weighted by Crippen LogP contribution is 2.44. The molecule has 4 aromatic rings. The van der Waals surface area contributed by atoms with Crippen molar-refractivity contribution >= 4 is 42.7 Å². The summed E-state index contributed by atoms with van der Waals surface area (Å²) < 4.78 is 93.3. The van der Waals surface area contributed by atoms with Gasteiger partial charge in [0.1, 0.15) is 92.1 Å². The first kappa shape index (κ1) is 49.4. The van der Waals surface area contributed by atoms with Crippen LogP contribution in [0, 0.1) is 48.1 Å². The summed E-state index contributed by atoms with van der Waals surface area (Å²) in [6.07, 6.45) is 4.48. The van der Waals surface area contributed by atoms with E-state index in [2.05, 4.69) is 38.6 Å². The number of amidine groups is 2. The van der Waals surface area contributed by atoms with Gasteiger partial charge in [-0.05, 0) is 101 Å². The number of hydrogen-bond acceptors (Lipinski definition) is 16. The van der Waals surface area contributed by atoms with E-state index in [1.165, 1.54) is 24.5 Å². The Labute approximate surface area is 391 Å². The first-order valence-electron chi connectivity index (χ1n) is 21.5. The van der Waals surface area contributed by atoms with Gasteiger partial charge < -0.3 is 11.5 Å². The van der Waals surface area contributed by atoms with Gasteiger partial charge in [0, 0.05) is 36.9 Å². The van der Waals surface area contributed by atoms with Crippen LogP contribution in [0.25, 0.3) is 0 Å². The van der Waals surface area contributed by atoms with Crippen molar-refractivity contribution in [2.24, 2.45) is 30.2 Å². The van der Waals surface area contributed by atoms with Gasteiger partial charge in [-0.2, -0.15) is 10.5 Å². The number of aliphatic imine (C=N–C) groups is 2. The molecule has 0 aromatic carbocycles. The van der Waals surface area contributed by atoms with E-state index in [0.29, 0.717) is 61.0 Å². The number of carbonyl (C=O) groups is 2. The molecule has 0 radical (unpaired) electrons. The molecule has 4 aromatic heterocycles. The molecule has 8 heterocycles. The van der Waals surface area contributed by atoms with Crippen LogP contribution in [0.1, 0.15) is 106 Å². The Morgan fingerprint density at radius 1 is 0.691 bits per heavy atom. The average Bonchev–Trinajstić information content (AvgIpc) is 3.31. The third-order valence-corrected chi connectivity index (χ3v) is 19.6. The number of rotatable bonds is 10. The van der Waals surface area contributed by atoms with E-state index >= 15 is 0 Å². The summed E-state index contributed by atoms with van der Waals surface area (Å²) in [7, 11) is -6.07. The molecule has 6 atom stereocenters. The molecule has 4 N–H and O–H groups in total. The molecule has 16 nitrogen and oxygen atoms in total. The quantitative estimate of drug-likeness (QED) is 0.146. The van der Waals surface area contributed by atoms with E-state index in [9.17, 15) is 35.6 Å². The van der Waals surface area contributed by atoms with Crippen LogP contribution in [-0.2, 0) is 43.4 Å². The largest absolute Gasteiger partial charge is 0.386 e. The molecule has 4 aliphatic rings. The third kappa shape index (κ3) is 8.64. The number of Topliss-reactive ketones (excluding diaryl/α,β-unsaturated/α-hetero) is 2. The summed E-state index contributed by atoms with van der Waals surface area (Å²) in [6, 6.07) is 11.8. The lowest BCUT2D eigenvalue weighted by molar-refractivity contribution is 0.0978. The number of fused-ring (bicyclic) bond motifs is 2. The number of ketones is 2. The van der Waals surface area contributed by atoms with E-state index in [1.54, 1.807) is 39.8 Å². The Morgan fingerprint density at radius 2 is 1.07 bits per heavy atom. The fourth-order valence-corrected chi connectivity index (χ4v) is 14.7. The molecule has 0 unspecified atom stereocenters. The van der Waals surface area contributed by atoms with Gasteiger partial charge in [-0.1, -0.05) is 0 Å². The Kier molecular flexibility index (Phi) is 13.5. The maximum Gasteiger partial charge on any atom is 0.187 e. The normalized spacial score (nSPS) is 28.3. The number of pyridine rings is 4. The minimum atomic E-state index is -3.04. The van der Waals surface area contributed by atoms with E-state index in [1.807, 2.05) is 12.1 Å². The minimum absolute atomic E-state index is 0.0232. The molecule has 0 fully saturated rings. The standard InChI is InChI=1S/2C23H24F2N6O2S/c2*1-14-8-15(10-26)11-28-19(14)18(32)9-16-4-5-17(25)20(30-16)23(12-24)13-34(33)22(2,21(27)31-23)6-3-7-29-34/h2*4-5,8,11H,3,6-7,9,12-13H2,1-2H3,(H2,27,31)/t22-,23+,34-;22-,23-,34+/m10/s1. The summed E-state index contributed by atoms with van der Waals surface area (Å²) in [6.45, 7) is 5.07. The number of nitriles is 2. The maximum absolute atomic E-state index is 15.0. The second-order valence-corrected chi connectivity index (χ2v) is 23.2. The van der Waals surface area contributed by atoms with Crippen LogP contribution in [-0.4, -0.2) is 99.0 Å².